The SMILES string of the molecule is C=CCCCN(OC)S(=O)(=O)c1c(F)c(F)c(F)c(F)c1F. The third-order valence-electron chi connectivity index (χ3n) is 2.65. The van der Waals surface area contributed by atoms with Crippen molar-refractivity contribution in [3.8, 4) is 0 Å². The van der Waals surface area contributed by atoms with Crippen LogP contribution in [0.4, 0.5) is 22.0 Å². The van der Waals surface area contributed by atoms with Crippen molar-refractivity contribution < 1.29 is 35.2 Å². The molecule has 0 amide bonds. The lowest BCUT2D eigenvalue weighted by atomic mass is 10.3. The lowest BCUT2D eigenvalue weighted by molar-refractivity contribution is -0.0493. The Bertz CT molecular complexity index is 649. The van der Waals surface area contributed by atoms with Crippen LogP contribution in [0.25, 0.3) is 0 Å². The van der Waals surface area contributed by atoms with Crippen molar-refractivity contribution in [3.05, 3.63) is 41.7 Å². The van der Waals surface area contributed by atoms with Crippen LogP contribution in [0.3, 0.4) is 0 Å². The van der Waals surface area contributed by atoms with Crippen molar-refractivity contribution in [2.24, 2.45) is 0 Å². The summed E-state index contributed by atoms with van der Waals surface area (Å²) in [6.45, 7) is 3.04. The Morgan fingerprint density at radius 3 is 1.91 bits per heavy atom. The second-order valence-electron chi connectivity index (χ2n) is 4.04. The molecule has 0 aliphatic carbocycles. The number of allylic oxidation sites excluding steroid dienone is 1. The molecule has 0 heterocycles. The monoisotopic (exact) mass is 345 g/mol. The minimum absolute atomic E-state index is 0.148. The number of halogens is 5. The molecule has 0 aliphatic heterocycles. The smallest absolute Gasteiger partial charge is 0.271 e. The first-order valence-corrected chi connectivity index (χ1v) is 7.33. The summed E-state index contributed by atoms with van der Waals surface area (Å²) in [6, 6.07) is 0. The van der Waals surface area contributed by atoms with Gasteiger partial charge in [-0.2, -0.15) is 0 Å². The summed E-state index contributed by atoms with van der Waals surface area (Å²) in [6.07, 6.45) is 1.98. The summed E-state index contributed by atoms with van der Waals surface area (Å²) in [5, 5.41) is 0. The van der Waals surface area contributed by atoms with Gasteiger partial charge in [0, 0.05) is 6.54 Å². The van der Waals surface area contributed by atoms with Gasteiger partial charge in [-0.3, -0.25) is 4.84 Å². The van der Waals surface area contributed by atoms with Gasteiger partial charge in [-0.15, -0.1) is 6.58 Å². The zero-order chi connectivity index (χ0) is 17.1. The van der Waals surface area contributed by atoms with E-state index in [2.05, 4.69) is 11.4 Å². The van der Waals surface area contributed by atoms with Crippen molar-refractivity contribution >= 4 is 10.0 Å². The predicted octanol–water partition coefficient (Wildman–Crippen LogP) is 2.90. The van der Waals surface area contributed by atoms with Gasteiger partial charge in [0.25, 0.3) is 10.0 Å². The molecule has 4 nitrogen and oxygen atoms in total. The second kappa shape index (κ2) is 7.16. The maximum Gasteiger partial charge on any atom is 0.271 e. The number of hydroxylamine groups is 1. The molecule has 124 valence electrons. The minimum atomic E-state index is -5.07. The first-order chi connectivity index (χ1) is 10.2. The summed E-state index contributed by atoms with van der Waals surface area (Å²) < 4.78 is 90.6. The number of hydrogen-bond acceptors (Lipinski definition) is 3. The average molecular weight is 345 g/mol. The third kappa shape index (κ3) is 3.28. The Kier molecular flexibility index (Phi) is 6.03. The quantitative estimate of drug-likeness (QED) is 0.191. The molecule has 1 aromatic carbocycles. The van der Waals surface area contributed by atoms with Crippen LogP contribution in [0.15, 0.2) is 17.6 Å². The summed E-state index contributed by atoms with van der Waals surface area (Å²) in [5.41, 5.74) is 0. The highest BCUT2D eigenvalue weighted by Crippen LogP contribution is 2.29. The van der Waals surface area contributed by atoms with Gasteiger partial charge in [-0.25, -0.2) is 30.4 Å². The molecule has 0 fully saturated rings. The molecule has 0 unspecified atom stereocenters. The fourth-order valence-corrected chi connectivity index (χ4v) is 2.99. The highest BCUT2D eigenvalue weighted by atomic mass is 32.2. The highest BCUT2D eigenvalue weighted by molar-refractivity contribution is 7.89. The molecule has 0 aliphatic rings. The van der Waals surface area contributed by atoms with E-state index in [1.165, 1.54) is 6.08 Å². The molecule has 0 saturated heterocycles. The van der Waals surface area contributed by atoms with Crippen LogP contribution < -0.4 is 0 Å². The van der Waals surface area contributed by atoms with Gasteiger partial charge in [0.05, 0.1) is 7.11 Å². The van der Waals surface area contributed by atoms with E-state index in [1.807, 2.05) is 0 Å². The van der Waals surface area contributed by atoms with Crippen LogP contribution in [0, 0.1) is 29.1 Å². The van der Waals surface area contributed by atoms with Crippen LogP contribution in [0.1, 0.15) is 12.8 Å². The van der Waals surface area contributed by atoms with E-state index < -0.39 is 44.0 Å². The van der Waals surface area contributed by atoms with Crippen molar-refractivity contribution in [1.82, 2.24) is 4.47 Å². The number of sulfonamides is 1. The third-order valence-corrected chi connectivity index (χ3v) is 4.39. The molecule has 0 atom stereocenters. The molecular formula is C12H12F5NO3S. The summed E-state index contributed by atoms with van der Waals surface area (Å²) >= 11 is 0. The van der Waals surface area contributed by atoms with Crippen molar-refractivity contribution in [2.75, 3.05) is 13.7 Å². The molecule has 10 heteroatoms. The molecule has 0 spiro atoms. The standard InChI is InChI=1S/C12H12F5NO3S/c1-3-4-5-6-18(21-2)22(19,20)12-10(16)8(14)7(13)9(15)11(12)17/h3H,1,4-6H2,2H3. The highest BCUT2D eigenvalue weighted by Gasteiger charge is 2.37. The van der Waals surface area contributed by atoms with Crippen molar-refractivity contribution in [1.29, 1.82) is 0 Å². The molecule has 1 rings (SSSR count). The maximum atomic E-state index is 13.6. The van der Waals surface area contributed by atoms with Crippen LogP contribution in [0.5, 0.6) is 0 Å². The van der Waals surface area contributed by atoms with Gasteiger partial charge in [0.2, 0.25) is 5.82 Å². The van der Waals surface area contributed by atoms with Crippen LogP contribution in [-0.2, 0) is 14.9 Å². The van der Waals surface area contributed by atoms with Gasteiger partial charge >= 0.3 is 0 Å². The van der Waals surface area contributed by atoms with Gasteiger partial charge in [-0.05, 0) is 12.8 Å². The fraction of sp³-hybridized carbons (Fsp3) is 0.333. The zero-order valence-corrected chi connectivity index (χ0v) is 12.2. The van der Waals surface area contributed by atoms with E-state index in [0.717, 1.165) is 7.11 Å². The Hall–Kier alpha value is -1.52. The fourth-order valence-electron chi connectivity index (χ4n) is 1.59. The zero-order valence-electron chi connectivity index (χ0n) is 11.4. The molecular weight excluding hydrogens is 333 g/mol. The lowest BCUT2D eigenvalue weighted by Crippen LogP contribution is -2.33. The van der Waals surface area contributed by atoms with E-state index in [-0.39, 0.29) is 17.4 Å². The summed E-state index contributed by atoms with van der Waals surface area (Å²) in [5.74, 6) is -12.0. The van der Waals surface area contributed by atoms with Gasteiger partial charge < -0.3 is 0 Å². The normalized spacial score (nSPS) is 12.0. The van der Waals surface area contributed by atoms with Gasteiger partial charge in [0.15, 0.2) is 28.2 Å². The molecule has 22 heavy (non-hydrogen) atoms. The number of rotatable bonds is 7. The van der Waals surface area contributed by atoms with E-state index in [4.69, 9.17) is 0 Å². The molecule has 0 bridgehead atoms. The van der Waals surface area contributed by atoms with Crippen molar-refractivity contribution in [3.63, 3.8) is 0 Å². The largest absolute Gasteiger partial charge is 0.287 e. The van der Waals surface area contributed by atoms with E-state index in [1.54, 1.807) is 0 Å². The first-order valence-electron chi connectivity index (χ1n) is 5.89. The van der Waals surface area contributed by atoms with E-state index in [0.29, 0.717) is 6.42 Å². The Labute approximate surface area is 123 Å². The summed E-state index contributed by atoms with van der Waals surface area (Å²) in [4.78, 5) is 2.52. The molecule has 1 aromatic rings. The molecule has 0 radical (unpaired) electrons. The van der Waals surface area contributed by atoms with Crippen LogP contribution in [0.2, 0.25) is 0 Å². The Morgan fingerprint density at radius 2 is 1.50 bits per heavy atom. The predicted molar refractivity (Wildman–Crippen MR) is 66.6 cm³/mol. The van der Waals surface area contributed by atoms with Crippen molar-refractivity contribution in [2.45, 2.75) is 17.7 Å². The van der Waals surface area contributed by atoms with Gasteiger partial charge in [0.1, 0.15) is 0 Å². The maximum absolute atomic E-state index is 13.6. The Morgan fingerprint density at radius 1 is 1.05 bits per heavy atom. The first kappa shape index (κ1) is 18.5. The van der Waals surface area contributed by atoms with E-state index >= 15 is 0 Å². The van der Waals surface area contributed by atoms with E-state index in [9.17, 15) is 30.4 Å². The number of hydrogen-bond donors (Lipinski definition) is 0. The molecule has 0 N–H and O–H groups in total. The average Bonchev–Trinajstić information content (AvgIpc) is 2.47. The minimum Gasteiger partial charge on any atom is -0.287 e. The molecule has 0 saturated carbocycles. The molecule has 0 aromatic heterocycles. The van der Waals surface area contributed by atoms with Crippen LogP contribution in [-0.4, -0.2) is 26.5 Å². The van der Waals surface area contributed by atoms with Gasteiger partial charge in [-0.1, -0.05) is 10.5 Å². The topological polar surface area (TPSA) is 46.6 Å². The Balaban J connectivity index is 3.42. The number of nitrogens with zero attached hydrogens (tertiary/aromatic N) is 1. The second-order valence-corrected chi connectivity index (χ2v) is 5.81. The van der Waals surface area contributed by atoms with Crippen LogP contribution >= 0.6 is 0 Å². The number of unbranched alkanes of at least 4 members (excludes halogenated alkanes) is 1. The summed E-state index contributed by atoms with van der Waals surface area (Å²) in [7, 11) is -4.19. The number of benzene rings is 1. The lowest BCUT2D eigenvalue weighted by Gasteiger charge is -2.20.